The molecule has 1 aromatic carbocycles. The zero-order valence-electron chi connectivity index (χ0n) is 14.6. The number of nitrogens with zero attached hydrogens (tertiary/aromatic N) is 4. The molecule has 1 unspecified atom stereocenters. The fourth-order valence-electron chi connectivity index (χ4n) is 2.41. The number of rotatable bonds is 6. The Balaban J connectivity index is 1.66. The molecule has 3 aromatic rings. The lowest BCUT2D eigenvalue weighted by atomic mass is 10.2. The van der Waals surface area contributed by atoms with Crippen LogP contribution >= 0.6 is 0 Å². The number of hydrogen-bond donors (Lipinski definition) is 2. The second kappa shape index (κ2) is 7.64. The summed E-state index contributed by atoms with van der Waals surface area (Å²) in [6, 6.07) is 8.31. The van der Waals surface area contributed by atoms with Gasteiger partial charge in [-0.3, -0.25) is 19.0 Å². The van der Waals surface area contributed by atoms with Crippen LogP contribution < -0.4 is 10.6 Å². The van der Waals surface area contributed by atoms with Crippen molar-refractivity contribution in [2.24, 2.45) is 0 Å². The van der Waals surface area contributed by atoms with Gasteiger partial charge in [0.2, 0.25) is 5.91 Å². The van der Waals surface area contributed by atoms with Crippen LogP contribution in [0.15, 0.2) is 55.1 Å². The predicted octanol–water partition coefficient (Wildman–Crippen LogP) is 2.55. The molecule has 134 valence electrons. The van der Waals surface area contributed by atoms with Gasteiger partial charge in [0.25, 0.3) is 5.91 Å². The van der Waals surface area contributed by atoms with Gasteiger partial charge in [-0.25, -0.2) is 0 Å². The van der Waals surface area contributed by atoms with Crippen molar-refractivity contribution >= 4 is 23.2 Å². The second-order valence-corrected chi connectivity index (χ2v) is 5.77. The zero-order valence-corrected chi connectivity index (χ0v) is 14.6. The third-order valence-corrected chi connectivity index (χ3v) is 3.91. The molecule has 1 atom stereocenters. The fourth-order valence-corrected chi connectivity index (χ4v) is 2.41. The molecular formula is C18H20N6O2. The van der Waals surface area contributed by atoms with Crippen molar-refractivity contribution in [3.63, 3.8) is 0 Å². The molecule has 0 saturated carbocycles. The molecule has 8 nitrogen and oxygen atoms in total. The maximum Gasteiger partial charge on any atom is 0.258 e. The lowest BCUT2D eigenvalue weighted by Crippen LogP contribution is -2.24. The third kappa shape index (κ3) is 3.97. The minimum atomic E-state index is -0.442. The molecule has 0 saturated heterocycles. The van der Waals surface area contributed by atoms with E-state index in [0.29, 0.717) is 23.5 Å². The molecule has 26 heavy (non-hydrogen) atoms. The van der Waals surface area contributed by atoms with Crippen LogP contribution in [0.4, 0.5) is 11.4 Å². The molecule has 2 amide bonds. The van der Waals surface area contributed by atoms with E-state index in [1.54, 1.807) is 65.2 Å². The second-order valence-electron chi connectivity index (χ2n) is 5.77. The molecule has 0 aliphatic heterocycles. The van der Waals surface area contributed by atoms with Gasteiger partial charge >= 0.3 is 0 Å². The molecule has 0 aliphatic rings. The number of aromatic nitrogens is 4. The summed E-state index contributed by atoms with van der Waals surface area (Å²) in [5, 5.41) is 13.8. The molecule has 3 rings (SSSR count). The molecule has 2 aromatic heterocycles. The molecule has 0 aliphatic carbocycles. The SMILES string of the molecule is CCn1cc(C(=O)Nc2cccc(NC(=O)C(C)n3cccn3)c2)cn1. The van der Waals surface area contributed by atoms with Crippen molar-refractivity contribution in [2.75, 3.05) is 10.6 Å². The van der Waals surface area contributed by atoms with E-state index in [1.165, 1.54) is 6.20 Å². The van der Waals surface area contributed by atoms with Crippen LogP contribution in [-0.2, 0) is 11.3 Å². The molecular weight excluding hydrogens is 332 g/mol. The summed E-state index contributed by atoms with van der Waals surface area (Å²) in [5.41, 5.74) is 1.66. The first-order chi connectivity index (χ1) is 12.6. The van der Waals surface area contributed by atoms with E-state index in [1.807, 2.05) is 6.92 Å². The summed E-state index contributed by atoms with van der Waals surface area (Å²) in [4.78, 5) is 24.6. The Hall–Kier alpha value is -3.42. The third-order valence-electron chi connectivity index (χ3n) is 3.91. The molecule has 0 radical (unpaired) electrons. The number of carbonyl (C=O) groups is 2. The fraction of sp³-hybridized carbons (Fsp3) is 0.222. The minimum absolute atomic E-state index is 0.193. The van der Waals surface area contributed by atoms with Crippen molar-refractivity contribution < 1.29 is 9.59 Å². The number of nitrogens with one attached hydrogen (secondary N) is 2. The number of benzene rings is 1. The lowest BCUT2D eigenvalue weighted by molar-refractivity contribution is -0.119. The minimum Gasteiger partial charge on any atom is -0.324 e. The first kappa shape index (κ1) is 17.4. The Bertz CT molecular complexity index is 900. The standard InChI is InChI=1S/C18H20N6O2/c1-3-23-12-14(11-20-23)18(26)22-16-7-4-6-15(10-16)21-17(25)13(2)24-9-5-8-19-24/h4-13H,3H2,1-2H3,(H,21,25)(H,22,26). The van der Waals surface area contributed by atoms with Gasteiger partial charge in [0.15, 0.2) is 0 Å². The van der Waals surface area contributed by atoms with Gasteiger partial charge in [-0.15, -0.1) is 0 Å². The topological polar surface area (TPSA) is 93.8 Å². The highest BCUT2D eigenvalue weighted by molar-refractivity contribution is 6.04. The van der Waals surface area contributed by atoms with Crippen molar-refractivity contribution in [1.29, 1.82) is 0 Å². The Morgan fingerprint density at radius 2 is 1.92 bits per heavy atom. The Labute approximate surface area is 150 Å². The highest BCUT2D eigenvalue weighted by Crippen LogP contribution is 2.17. The molecule has 2 heterocycles. The number of carbonyl (C=O) groups excluding carboxylic acids is 2. The smallest absolute Gasteiger partial charge is 0.258 e. The van der Waals surface area contributed by atoms with Gasteiger partial charge in [-0.2, -0.15) is 10.2 Å². The highest BCUT2D eigenvalue weighted by Gasteiger charge is 2.15. The Morgan fingerprint density at radius 3 is 2.58 bits per heavy atom. The zero-order chi connectivity index (χ0) is 18.5. The molecule has 2 N–H and O–H groups in total. The summed E-state index contributed by atoms with van der Waals surface area (Å²) < 4.78 is 3.26. The van der Waals surface area contributed by atoms with E-state index in [0.717, 1.165) is 0 Å². The Morgan fingerprint density at radius 1 is 1.15 bits per heavy atom. The van der Waals surface area contributed by atoms with Crippen LogP contribution in [0.1, 0.15) is 30.2 Å². The van der Waals surface area contributed by atoms with Crippen LogP contribution in [0.5, 0.6) is 0 Å². The van der Waals surface area contributed by atoms with Crippen molar-refractivity contribution in [2.45, 2.75) is 26.4 Å². The van der Waals surface area contributed by atoms with E-state index in [2.05, 4.69) is 20.8 Å². The van der Waals surface area contributed by atoms with Gasteiger partial charge < -0.3 is 10.6 Å². The van der Waals surface area contributed by atoms with Crippen molar-refractivity contribution in [3.8, 4) is 0 Å². The van der Waals surface area contributed by atoms with Gasteiger partial charge in [0.05, 0.1) is 11.8 Å². The van der Waals surface area contributed by atoms with Gasteiger partial charge in [0, 0.05) is 36.5 Å². The Kier molecular flexibility index (Phi) is 5.12. The van der Waals surface area contributed by atoms with Gasteiger partial charge in [-0.1, -0.05) is 6.07 Å². The monoisotopic (exact) mass is 352 g/mol. The normalized spacial score (nSPS) is 11.8. The number of hydrogen-bond acceptors (Lipinski definition) is 4. The largest absolute Gasteiger partial charge is 0.324 e. The molecule has 0 fully saturated rings. The predicted molar refractivity (Wildman–Crippen MR) is 97.9 cm³/mol. The molecule has 8 heteroatoms. The van der Waals surface area contributed by atoms with Gasteiger partial charge in [0.1, 0.15) is 6.04 Å². The van der Waals surface area contributed by atoms with Crippen LogP contribution in [-0.4, -0.2) is 31.4 Å². The van der Waals surface area contributed by atoms with Crippen molar-refractivity contribution in [3.05, 3.63) is 60.7 Å². The van der Waals surface area contributed by atoms with Crippen LogP contribution in [0, 0.1) is 0 Å². The van der Waals surface area contributed by atoms with Gasteiger partial charge in [-0.05, 0) is 38.1 Å². The van der Waals surface area contributed by atoms with Crippen molar-refractivity contribution in [1.82, 2.24) is 19.6 Å². The average Bonchev–Trinajstić information content (AvgIpc) is 3.33. The maximum atomic E-state index is 12.3. The summed E-state index contributed by atoms with van der Waals surface area (Å²) in [6.07, 6.45) is 6.57. The van der Waals surface area contributed by atoms with E-state index in [4.69, 9.17) is 0 Å². The highest BCUT2D eigenvalue weighted by atomic mass is 16.2. The van der Waals surface area contributed by atoms with E-state index >= 15 is 0 Å². The molecule has 0 spiro atoms. The summed E-state index contributed by atoms with van der Waals surface area (Å²) in [5.74, 6) is -0.445. The van der Waals surface area contributed by atoms with Crippen LogP contribution in [0.2, 0.25) is 0 Å². The van der Waals surface area contributed by atoms with E-state index in [9.17, 15) is 9.59 Å². The summed E-state index contributed by atoms with van der Waals surface area (Å²) >= 11 is 0. The quantitative estimate of drug-likeness (QED) is 0.713. The summed E-state index contributed by atoms with van der Waals surface area (Å²) in [6.45, 7) is 4.41. The van der Waals surface area contributed by atoms with E-state index < -0.39 is 6.04 Å². The van der Waals surface area contributed by atoms with Crippen LogP contribution in [0.3, 0.4) is 0 Å². The van der Waals surface area contributed by atoms with E-state index in [-0.39, 0.29) is 11.8 Å². The summed E-state index contributed by atoms with van der Waals surface area (Å²) in [7, 11) is 0. The number of aryl methyl sites for hydroxylation is 1. The number of anilines is 2. The lowest BCUT2D eigenvalue weighted by Gasteiger charge is -2.13. The van der Waals surface area contributed by atoms with Crippen LogP contribution in [0.25, 0.3) is 0 Å². The first-order valence-corrected chi connectivity index (χ1v) is 8.30. The molecule has 0 bridgehead atoms. The maximum absolute atomic E-state index is 12.3. The average molecular weight is 352 g/mol. The first-order valence-electron chi connectivity index (χ1n) is 8.30. The number of amides is 2.